The first-order chi connectivity index (χ1) is 8.49. The van der Waals surface area contributed by atoms with Gasteiger partial charge in [0.25, 0.3) is 5.91 Å². The summed E-state index contributed by atoms with van der Waals surface area (Å²) in [6, 6.07) is 5.05. The number of rotatable bonds is 5. The minimum absolute atomic E-state index is 0.0408. The summed E-state index contributed by atoms with van der Waals surface area (Å²) in [4.78, 5) is 14.0. The summed E-state index contributed by atoms with van der Waals surface area (Å²) in [7, 11) is 0. The molecule has 5 heteroatoms. The van der Waals surface area contributed by atoms with Crippen LogP contribution in [0.3, 0.4) is 0 Å². The number of aliphatic hydroxyl groups excluding tert-OH is 1. The van der Waals surface area contributed by atoms with Gasteiger partial charge >= 0.3 is 0 Å². The summed E-state index contributed by atoms with van der Waals surface area (Å²) in [5, 5.41) is 9.51. The van der Waals surface area contributed by atoms with Gasteiger partial charge in [0, 0.05) is 19.2 Å². The lowest BCUT2D eigenvalue weighted by Gasteiger charge is -2.27. The van der Waals surface area contributed by atoms with Crippen molar-refractivity contribution in [3.8, 4) is 0 Å². The molecule has 1 rings (SSSR count). The van der Waals surface area contributed by atoms with E-state index in [2.05, 4.69) is 0 Å². The van der Waals surface area contributed by atoms with Crippen molar-refractivity contribution >= 4 is 29.1 Å². The Morgan fingerprint density at radius 1 is 1.39 bits per heavy atom. The van der Waals surface area contributed by atoms with Gasteiger partial charge in [0.1, 0.15) is 0 Å². The van der Waals surface area contributed by atoms with Crippen molar-refractivity contribution in [2.24, 2.45) is 0 Å². The zero-order chi connectivity index (χ0) is 13.7. The molecule has 3 nitrogen and oxygen atoms in total. The number of nitrogens with zero attached hydrogens (tertiary/aromatic N) is 1. The Labute approximate surface area is 117 Å². The second-order valence-corrected chi connectivity index (χ2v) is 5.06. The second kappa shape index (κ2) is 6.98. The molecule has 100 valence electrons. The maximum absolute atomic E-state index is 12.4. The van der Waals surface area contributed by atoms with Gasteiger partial charge < -0.3 is 10.0 Å². The van der Waals surface area contributed by atoms with Crippen molar-refractivity contribution in [1.82, 2.24) is 4.90 Å². The van der Waals surface area contributed by atoms with Crippen LogP contribution in [0, 0.1) is 0 Å². The first-order valence-corrected chi connectivity index (χ1v) is 6.60. The molecule has 1 N–H and O–H groups in total. The zero-order valence-electron chi connectivity index (χ0n) is 10.5. The molecule has 1 amide bonds. The Hall–Kier alpha value is -0.770. The molecule has 0 aromatic heterocycles. The number of hydrogen-bond acceptors (Lipinski definition) is 2. The molecular formula is C13H17Cl2NO2. The van der Waals surface area contributed by atoms with Crippen molar-refractivity contribution in [1.29, 1.82) is 0 Å². The number of hydrogen-bond donors (Lipinski definition) is 1. The van der Waals surface area contributed by atoms with E-state index in [4.69, 9.17) is 28.3 Å². The average molecular weight is 290 g/mol. The molecule has 1 aromatic rings. The smallest absolute Gasteiger partial charge is 0.255 e. The predicted octanol–water partition coefficient (Wildman–Crippen LogP) is 3.23. The molecule has 0 atom stereocenters. The van der Waals surface area contributed by atoms with Crippen LogP contribution in [-0.4, -0.2) is 35.1 Å². The fourth-order valence-electron chi connectivity index (χ4n) is 1.66. The quantitative estimate of drug-likeness (QED) is 0.904. The van der Waals surface area contributed by atoms with Gasteiger partial charge in [0.15, 0.2) is 0 Å². The standard InChI is InChI=1S/C13H17Cl2NO2/c1-9(2)16(7-4-8-17)13(18)10-5-3-6-11(14)12(10)15/h3,5-6,9,17H,4,7-8H2,1-2H3. The van der Waals surface area contributed by atoms with Gasteiger partial charge in [-0.25, -0.2) is 0 Å². The molecular weight excluding hydrogens is 273 g/mol. The minimum atomic E-state index is -0.161. The minimum Gasteiger partial charge on any atom is -0.396 e. The van der Waals surface area contributed by atoms with Crippen LogP contribution in [0.4, 0.5) is 0 Å². The number of aliphatic hydroxyl groups is 1. The largest absolute Gasteiger partial charge is 0.396 e. The van der Waals surface area contributed by atoms with Crippen LogP contribution in [-0.2, 0) is 0 Å². The third kappa shape index (κ3) is 3.61. The summed E-state index contributed by atoms with van der Waals surface area (Å²) >= 11 is 11.9. The Morgan fingerprint density at radius 2 is 2.06 bits per heavy atom. The molecule has 0 spiro atoms. The topological polar surface area (TPSA) is 40.5 Å². The average Bonchev–Trinajstić information content (AvgIpc) is 2.32. The first-order valence-electron chi connectivity index (χ1n) is 5.85. The van der Waals surface area contributed by atoms with Crippen molar-refractivity contribution in [3.63, 3.8) is 0 Å². The van der Waals surface area contributed by atoms with Crippen molar-refractivity contribution in [2.75, 3.05) is 13.2 Å². The number of amides is 1. The molecule has 18 heavy (non-hydrogen) atoms. The van der Waals surface area contributed by atoms with Crippen molar-refractivity contribution in [2.45, 2.75) is 26.3 Å². The van der Waals surface area contributed by atoms with Crippen LogP contribution in [0.1, 0.15) is 30.6 Å². The fourth-order valence-corrected chi connectivity index (χ4v) is 2.04. The lowest BCUT2D eigenvalue weighted by Crippen LogP contribution is -2.38. The maximum Gasteiger partial charge on any atom is 0.255 e. The van der Waals surface area contributed by atoms with Crippen LogP contribution in [0.25, 0.3) is 0 Å². The Kier molecular flexibility index (Phi) is 5.93. The van der Waals surface area contributed by atoms with E-state index in [1.54, 1.807) is 23.1 Å². The van der Waals surface area contributed by atoms with E-state index in [-0.39, 0.29) is 23.6 Å². The van der Waals surface area contributed by atoms with Gasteiger partial charge in [-0.2, -0.15) is 0 Å². The number of carbonyl (C=O) groups excluding carboxylic acids is 1. The molecule has 0 aliphatic rings. The maximum atomic E-state index is 12.4. The molecule has 0 bridgehead atoms. The molecule has 0 heterocycles. The molecule has 0 aliphatic heterocycles. The van der Waals surface area contributed by atoms with Gasteiger partial charge in [-0.15, -0.1) is 0 Å². The van der Waals surface area contributed by atoms with Gasteiger partial charge in [0.05, 0.1) is 15.6 Å². The van der Waals surface area contributed by atoms with Crippen LogP contribution < -0.4 is 0 Å². The van der Waals surface area contributed by atoms with Gasteiger partial charge in [-0.1, -0.05) is 29.3 Å². The van der Waals surface area contributed by atoms with Crippen LogP contribution in [0.5, 0.6) is 0 Å². The molecule has 0 fully saturated rings. The molecule has 1 aromatic carbocycles. The lowest BCUT2D eigenvalue weighted by molar-refractivity contribution is 0.0693. The highest BCUT2D eigenvalue weighted by Crippen LogP contribution is 2.27. The van der Waals surface area contributed by atoms with E-state index in [0.29, 0.717) is 23.6 Å². The number of benzene rings is 1. The van der Waals surface area contributed by atoms with Gasteiger partial charge in [0.2, 0.25) is 0 Å². The van der Waals surface area contributed by atoms with E-state index < -0.39 is 0 Å². The van der Waals surface area contributed by atoms with Crippen LogP contribution >= 0.6 is 23.2 Å². The number of carbonyl (C=O) groups is 1. The normalized spacial score (nSPS) is 10.8. The van der Waals surface area contributed by atoms with Gasteiger partial charge in [-0.05, 0) is 32.4 Å². The van der Waals surface area contributed by atoms with E-state index in [1.807, 2.05) is 13.8 Å². The Balaban J connectivity index is 2.98. The Morgan fingerprint density at radius 3 is 2.61 bits per heavy atom. The fraction of sp³-hybridized carbons (Fsp3) is 0.462. The van der Waals surface area contributed by atoms with E-state index >= 15 is 0 Å². The van der Waals surface area contributed by atoms with E-state index in [1.165, 1.54) is 0 Å². The summed E-state index contributed by atoms with van der Waals surface area (Å²) in [5.74, 6) is -0.161. The molecule has 0 saturated heterocycles. The zero-order valence-corrected chi connectivity index (χ0v) is 12.0. The van der Waals surface area contributed by atoms with E-state index in [0.717, 1.165) is 0 Å². The second-order valence-electron chi connectivity index (χ2n) is 4.27. The van der Waals surface area contributed by atoms with Crippen molar-refractivity contribution < 1.29 is 9.90 Å². The van der Waals surface area contributed by atoms with Crippen LogP contribution in [0.15, 0.2) is 18.2 Å². The molecule has 0 saturated carbocycles. The summed E-state index contributed by atoms with van der Waals surface area (Å²) in [6.45, 7) is 4.40. The predicted molar refractivity (Wildman–Crippen MR) is 74.3 cm³/mol. The summed E-state index contributed by atoms with van der Waals surface area (Å²) < 4.78 is 0. The highest BCUT2D eigenvalue weighted by atomic mass is 35.5. The highest BCUT2D eigenvalue weighted by Gasteiger charge is 2.21. The monoisotopic (exact) mass is 289 g/mol. The lowest BCUT2D eigenvalue weighted by atomic mass is 10.1. The third-order valence-electron chi connectivity index (χ3n) is 2.62. The van der Waals surface area contributed by atoms with Gasteiger partial charge in [-0.3, -0.25) is 4.79 Å². The number of halogens is 2. The first kappa shape index (κ1) is 15.3. The SMILES string of the molecule is CC(C)N(CCCO)C(=O)c1cccc(Cl)c1Cl. The molecule has 0 radical (unpaired) electrons. The molecule has 0 unspecified atom stereocenters. The molecule has 0 aliphatic carbocycles. The van der Waals surface area contributed by atoms with Crippen molar-refractivity contribution in [3.05, 3.63) is 33.8 Å². The Bertz CT molecular complexity index is 421. The highest BCUT2D eigenvalue weighted by molar-refractivity contribution is 6.43. The summed E-state index contributed by atoms with van der Waals surface area (Å²) in [5.41, 5.74) is 0.399. The van der Waals surface area contributed by atoms with E-state index in [9.17, 15) is 4.79 Å². The summed E-state index contributed by atoms with van der Waals surface area (Å²) in [6.07, 6.45) is 0.544. The van der Waals surface area contributed by atoms with Crippen LogP contribution in [0.2, 0.25) is 10.0 Å². The third-order valence-corrected chi connectivity index (χ3v) is 3.44.